The zero-order valence-corrected chi connectivity index (χ0v) is 6.59. The molecule has 0 bridgehead atoms. The molecule has 2 N–H and O–H groups in total. The second-order valence-electron chi connectivity index (χ2n) is 1.29. The molecule has 0 atom stereocenters. The van der Waals surface area contributed by atoms with Crippen LogP contribution in [0.25, 0.3) is 0 Å². The van der Waals surface area contributed by atoms with Gasteiger partial charge in [0, 0.05) is 6.21 Å². The Morgan fingerprint density at radius 2 is 1.58 bits per heavy atom. The molecule has 12 heavy (non-hydrogen) atoms. The van der Waals surface area contributed by atoms with Gasteiger partial charge >= 0.3 is 15.6 Å². The second-order valence-corrected chi connectivity index (χ2v) is 2.71. The Labute approximate surface area is 66.2 Å². The van der Waals surface area contributed by atoms with Crippen molar-refractivity contribution in [3.8, 4) is 0 Å². The van der Waals surface area contributed by atoms with E-state index in [-0.39, 0.29) is 0 Å². The zero-order valence-electron chi connectivity index (χ0n) is 5.78. The Morgan fingerprint density at radius 1 is 1.42 bits per heavy atom. The third-order valence-electron chi connectivity index (χ3n) is 0.408. The Balaban J connectivity index is 0. The van der Waals surface area contributed by atoms with Crippen molar-refractivity contribution in [2.45, 2.75) is 12.4 Å². The highest BCUT2D eigenvalue weighted by molar-refractivity contribution is 7.86. The SMILES string of the molecule is CC=NO.O=S(=O)(O)C(F)(F)F. The third-order valence-corrected chi connectivity index (χ3v) is 0.993. The standard InChI is InChI=1S/C2H5NO.CHF3O3S/c1-2-3-4;2-1(3,4)8(5,6)7/h2,4H,1H3;(H,5,6,7). The lowest BCUT2D eigenvalue weighted by Crippen LogP contribution is -2.21. The van der Waals surface area contributed by atoms with E-state index in [1.54, 1.807) is 6.92 Å². The van der Waals surface area contributed by atoms with E-state index in [4.69, 9.17) is 18.2 Å². The summed E-state index contributed by atoms with van der Waals surface area (Å²) in [6.45, 7) is 1.64. The summed E-state index contributed by atoms with van der Waals surface area (Å²) in [6, 6.07) is 0. The van der Waals surface area contributed by atoms with E-state index >= 15 is 0 Å². The van der Waals surface area contributed by atoms with E-state index in [1.165, 1.54) is 6.21 Å². The Hall–Kier alpha value is -0.830. The van der Waals surface area contributed by atoms with Crippen LogP contribution in [0.3, 0.4) is 0 Å². The van der Waals surface area contributed by atoms with Crippen molar-refractivity contribution in [3.63, 3.8) is 0 Å². The van der Waals surface area contributed by atoms with Crippen LogP contribution in [-0.2, 0) is 10.1 Å². The van der Waals surface area contributed by atoms with Gasteiger partial charge in [-0.2, -0.15) is 21.6 Å². The molecular formula is C3H6F3NO4S. The predicted molar refractivity (Wildman–Crippen MR) is 33.6 cm³/mol. The van der Waals surface area contributed by atoms with Crippen LogP contribution >= 0.6 is 0 Å². The van der Waals surface area contributed by atoms with Gasteiger partial charge < -0.3 is 5.21 Å². The van der Waals surface area contributed by atoms with Crippen LogP contribution in [-0.4, -0.2) is 29.9 Å². The van der Waals surface area contributed by atoms with Gasteiger partial charge in [0.25, 0.3) is 0 Å². The van der Waals surface area contributed by atoms with Crippen molar-refractivity contribution in [2.75, 3.05) is 0 Å². The van der Waals surface area contributed by atoms with Gasteiger partial charge in [-0.1, -0.05) is 0 Å². The average molecular weight is 209 g/mol. The zero-order chi connectivity index (χ0) is 10.4. The quantitative estimate of drug-likeness (QED) is 0.203. The smallest absolute Gasteiger partial charge is 0.411 e. The van der Waals surface area contributed by atoms with Gasteiger partial charge in [0.1, 0.15) is 0 Å². The first-order chi connectivity index (χ1) is 5.16. The van der Waals surface area contributed by atoms with E-state index in [1.807, 2.05) is 0 Å². The molecule has 0 aromatic heterocycles. The van der Waals surface area contributed by atoms with Crippen molar-refractivity contribution >= 4 is 16.3 Å². The Kier molecular flexibility index (Phi) is 5.64. The molecule has 0 amide bonds. The molecule has 0 saturated carbocycles. The largest absolute Gasteiger partial charge is 0.522 e. The highest BCUT2D eigenvalue weighted by Crippen LogP contribution is 2.20. The van der Waals surface area contributed by atoms with Crippen molar-refractivity contribution in [2.24, 2.45) is 5.16 Å². The summed E-state index contributed by atoms with van der Waals surface area (Å²) in [5, 5.41) is 10.1. The van der Waals surface area contributed by atoms with Crippen LogP contribution in [0.2, 0.25) is 0 Å². The van der Waals surface area contributed by atoms with Gasteiger partial charge in [-0.3, -0.25) is 4.55 Å². The third kappa shape index (κ3) is 7.28. The molecule has 0 saturated heterocycles. The molecule has 0 aromatic carbocycles. The summed E-state index contributed by atoms with van der Waals surface area (Å²) in [4.78, 5) is 0. The molecule has 0 fully saturated rings. The fourth-order valence-corrected chi connectivity index (χ4v) is 0. The first-order valence-electron chi connectivity index (χ1n) is 2.32. The molecule has 0 radical (unpaired) electrons. The Bertz CT molecular complexity index is 226. The normalized spacial score (nSPS) is 12.4. The molecule has 0 aliphatic heterocycles. The maximum atomic E-state index is 10.7. The maximum Gasteiger partial charge on any atom is 0.522 e. The van der Waals surface area contributed by atoms with Crippen LogP contribution in [0.4, 0.5) is 13.2 Å². The van der Waals surface area contributed by atoms with Crippen LogP contribution in [0.5, 0.6) is 0 Å². The van der Waals surface area contributed by atoms with Crippen LogP contribution in [0, 0.1) is 0 Å². The van der Waals surface area contributed by atoms with Gasteiger partial charge in [0.2, 0.25) is 0 Å². The number of hydrogen-bond donors (Lipinski definition) is 2. The molecule has 5 nitrogen and oxygen atoms in total. The minimum atomic E-state index is -5.84. The fraction of sp³-hybridized carbons (Fsp3) is 0.667. The number of oxime groups is 1. The van der Waals surface area contributed by atoms with Crippen LogP contribution in [0.1, 0.15) is 6.92 Å². The van der Waals surface area contributed by atoms with E-state index < -0.39 is 15.6 Å². The van der Waals surface area contributed by atoms with Crippen molar-refractivity contribution in [3.05, 3.63) is 0 Å². The predicted octanol–water partition coefficient (Wildman–Crippen LogP) is 0.860. The Morgan fingerprint density at radius 3 is 1.58 bits per heavy atom. The molecule has 9 heteroatoms. The highest BCUT2D eigenvalue weighted by atomic mass is 32.2. The van der Waals surface area contributed by atoms with Crippen molar-refractivity contribution in [1.29, 1.82) is 0 Å². The second kappa shape index (κ2) is 4.93. The molecule has 0 aromatic rings. The average Bonchev–Trinajstić information content (AvgIpc) is 1.84. The number of rotatable bonds is 0. The molecule has 0 aliphatic rings. The molecule has 74 valence electrons. The lowest BCUT2D eigenvalue weighted by molar-refractivity contribution is -0.0510. The summed E-state index contributed by atoms with van der Waals surface area (Å²) in [7, 11) is -5.84. The molecular weight excluding hydrogens is 203 g/mol. The summed E-state index contributed by atoms with van der Waals surface area (Å²) in [6.07, 6.45) is 1.31. The van der Waals surface area contributed by atoms with Gasteiger partial charge in [-0.25, -0.2) is 0 Å². The number of nitrogens with zero attached hydrogens (tertiary/aromatic N) is 1. The van der Waals surface area contributed by atoms with E-state index in [0.717, 1.165) is 0 Å². The summed E-state index contributed by atoms with van der Waals surface area (Å²) < 4.78 is 57.5. The first kappa shape index (κ1) is 13.7. The number of alkyl halides is 3. The van der Waals surface area contributed by atoms with Crippen LogP contribution < -0.4 is 0 Å². The minimum absolute atomic E-state index is 1.31. The topological polar surface area (TPSA) is 87.0 Å². The summed E-state index contributed by atoms with van der Waals surface area (Å²) in [5.74, 6) is 0. The van der Waals surface area contributed by atoms with Gasteiger partial charge in [0.15, 0.2) is 0 Å². The van der Waals surface area contributed by atoms with Gasteiger partial charge in [-0.05, 0) is 6.92 Å². The minimum Gasteiger partial charge on any atom is -0.411 e. The van der Waals surface area contributed by atoms with Crippen LogP contribution in [0.15, 0.2) is 5.16 Å². The summed E-state index contributed by atoms with van der Waals surface area (Å²) in [5.41, 5.74) is -5.53. The number of hydrogen-bond acceptors (Lipinski definition) is 4. The fourth-order valence-electron chi connectivity index (χ4n) is 0. The van der Waals surface area contributed by atoms with Gasteiger partial charge in [-0.15, -0.1) is 5.16 Å². The van der Waals surface area contributed by atoms with Crippen molar-refractivity contribution < 1.29 is 31.3 Å². The molecule has 0 heterocycles. The highest BCUT2D eigenvalue weighted by Gasteiger charge is 2.44. The van der Waals surface area contributed by atoms with Crippen molar-refractivity contribution in [1.82, 2.24) is 0 Å². The lowest BCUT2D eigenvalue weighted by Gasteiger charge is -1.97. The lowest BCUT2D eigenvalue weighted by atomic mass is 10.9. The molecule has 0 rings (SSSR count). The number of halogens is 3. The molecule has 0 unspecified atom stereocenters. The van der Waals surface area contributed by atoms with E-state index in [2.05, 4.69) is 5.16 Å². The van der Waals surface area contributed by atoms with E-state index in [0.29, 0.717) is 0 Å². The maximum absolute atomic E-state index is 10.7. The molecule has 0 aliphatic carbocycles. The van der Waals surface area contributed by atoms with E-state index in [9.17, 15) is 13.2 Å². The molecule has 0 spiro atoms. The van der Waals surface area contributed by atoms with Gasteiger partial charge in [0.05, 0.1) is 0 Å². The first-order valence-corrected chi connectivity index (χ1v) is 3.76. The summed E-state index contributed by atoms with van der Waals surface area (Å²) >= 11 is 0. The monoisotopic (exact) mass is 209 g/mol.